The third kappa shape index (κ3) is 3.46. The summed E-state index contributed by atoms with van der Waals surface area (Å²) in [5.41, 5.74) is 0.938. The number of carbonyl (C=O) groups excluding carboxylic acids is 1. The third-order valence-corrected chi connectivity index (χ3v) is 6.33. The smallest absolute Gasteiger partial charge is 0.349 e. The van der Waals surface area contributed by atoms with E-state index < -0.39 is 16.0 Å². The Balaban J connectivity index is 1.91. The highest BCUT2D eigenvalue weighted by molar-refractivity contribution is 7.89. The fourth-order valence-corrected chi connectivity index (χ4v) is 5.14. The van der Waals surface area contributed by atoms with E-state index in [1.165, 1.54) is 13.2 Å². The molecule has 0 bridgehead atoms. The zero-order valence-electron chi connectivity index (χ0n) is 12.6. The second-order valence-electron chi connectivity index (χ2n) is 5.45. The second kappa shape index (κ2) is 6.43. The van der Waals surface area contributed by atoms with E-state index in [4.69, 9.17) is 0 Å². The van der Waals surface area contributed by atoms with Crippen molar-refractivity contribution in [1.82, 2.24) is 4.72 Å². The van der Waals surface area contributed by atoms with E-state index in [9.17, 15) is 13.2 Å². The van der Waals surface area contributed by atoms with E-state index in [1.807, 2.05) is 30.3 Å². The maximum atomic E-state index is 12.7. The number of ether oxygens (including phenoxy) is 1. The average Bonchev–Trinajstić information content (AvgIpc) is 3.27. The molecular formula is C16H17NO4S2. The van der Waals surface area contributed by atoms with Gasteiger partial charge in [0, 0.05) is 6.04 Å². The molecule has 1 aromatic carbocycles. The maximum Gasteiger partial charge on any atom is 0.349 e. The SMILES string of the molecule is COC(=O)c1sccc1S(=O)(=O)NC(c1ccccc1)C1CC1. The predicted molar refractivity (Wildman–Crippen MR) is 87.9 cm³/mol. The highest BCUT2D eigenvalue weighted by Gasteiger charge is 2.36. The number of methoxy groups -OCH3 is 1. The molecule has 1 aromatic heterocycles. The summed E-state index contributed by atoms with van der Waals surface area (Å²) in [4.78, 5) is 11.8. The lowest BCUT2D eigenvalue weighted by Crippen LogP contribution is -2.30. The van der Waals surface area contributed by atoms with Gasteiger partial charge < -0.3 is 4.74 Å². The molecule has 1 heterocycles. The first-order valence-electron chi connectivity index (χ1n) is 7.26. The molecule has 5 nitrogen and oxygen atoms in total. The maximum absolute atomic E-state index is 12.7. The Labute approximate surface area is 139 Å². The van der Waals surface area contributed by atoms with E-state index in [2.05, 4.69) is 9.46 Å². The minimum Gasteiger partial charge on any atom is -0.465 e. The number of sulfonamides is 1. The Kier molecular flexibility index (Phi) is 4.52. The van der Waals surface area contributed by atoms with Gasteiger partial charge in [0.05, 0.1) is 7.11 Å². The lowest BCUT2D eigenvalue weighted by molar-refractivity contribution is 0.0602. The molecule has 0 amide bonds. The highest BCUT2D eigenvalue weighted by Crippen LogP contribution is 2.42. The van der Waals surface area contributed by atoms with Gasteiger partial charge in [0.25, 0.3) is 0 Å². The largest absolute Gasteiger partial charge is 0.465 e. The summed E-state index contributed by atoms with van der Waals surface area (Å²) in [6.07, 6.45) is 1.99. The normalized spacial score (nSPS) is 16.0. The molecule has 1 aliphatic rings. The van der Waals surface area contributed by atoms with Crippen molar-refractivity contribution in [3.63, 3.8) is 0 Å². The molecule has 0 aliphatic heterocycles. The van der Waals surface area contributed by atoms with Gasteiger partial charge in [-0.25, -0.2) is 17.9 Å². The van der Waals surface area contributed by atoms with Crippen LogP contribution in [-0.4, -0.2) is 21.5 Å². The van der Waals surface area contributed by atoms with Gasteiger partial charge >= 0.3 is 5.97 Å². The fraction of sp³-hybridized carbons (Fsp3) is 0.312. The summed E-state index contributed by atoms with van der Waals surface area (Å²) in [6.45, 7) is 0. The monoisotopic (exact) mass is 351 g/mol. The first-order chi connectivity index (χ1) is 11.0. The number of hydrogen-bond donors (Lipinski definition) is 1. The van der Waals surface area contributed by atoms with Gasteiger partial charge in [0.1, 0.15) is 9.77 Å². The first-order valence-corrected chi connectivity index (χ1v) is 9.62. The lowest BCUT2D eigenvalue weighted by atomic mass is 10.0. The van der Waals surface area contributed by atoms with Crippen molar-refractivity contribution in [2.24, 2.45) is 5.92 Å². The van der Waals surface area contributed by atoms with Gasteiger partial charge in [-0.15, -0.1) is 11.3 Å². The minimum atomic E-state index is -3.80. The van der Waals surface area contributed by atoms with Crippen molar-refractivity contribution in [2.45, 2.75) is 23.8 Å². The van der Waals surface area contributed by atoms with Crippen LogP contribution in [0.3, 0.4) is 0 Å². The Morgan fingerprint density at radius 2 is 1.96 bits per heavy atom. The molecule has 1 saturated carbocycles. The van der Waals surface area contributed by atoms with E-state index in [0.29, 0.717) is 5.92 Å². The number of rotatable bonds is 6. The lowest BCUT2D eigenvalue weighted by Gasteiger charge is -2.18. The molecular weight excluding hydrogens is 334 g/mol. The molecule has 0 radical (unpaired) electrons. The molecule has 1 fully saturated rings. The van der Waals surface area contributed by atoms with Gasteiger partial charge in [0.15, 0.2) is 0 Å². The summed E-state index contributed by atoms with van der Waals surface area (Å²) >= 11 is 1.06. The van der Waals surface area contributed by atoms with Crippen LogP contribution in [0.4, 0.5) is 0 Å². The molecule has 2 aromatic rings. The molecule has 1 aliphatic carbocycles. The van der Waals surface area contributed by atoms with Crippen LogP contribution < -0.4 is 4.72 Å². The van der Waals surface area contributed by atoms with E-state index in [1.54, 1.807) is 5.38 Å². The predicted octanol–water partition coefficient (Wildman–Crippen LogP) is 2.96. The standard InChI is InChI=1S/C16H17NO4S2/c1-21-16(18)15-13(9-10-22-15)23(19,20)17-14(12-7-8-12)11-5-3-2-4-6-11/h2-6,9-10,12,14,17H,7-8H2,1H3. The van der Waals surface area contributed by atoms with Crippen molar-refractivity contribution in [1.29, 1.82) is 0 Å². The van der Waals surface area contributed by atoms with E-state index in [-0.39, 0.29) is 15.8 Å². The molecule has 0 spiro atoms. The molecule has 0 saturated heterocycles. The van der Waals surface area contributed by atoms with Gasteiger partial charge in [0.2, 0.25) is 10.0 Å². The first kappa shape index (κ1) is 16.2. The average molecular weight is 351 g/mol. The molecule has 7 heteroatoms. The van der Waals surface area contributed by atoms with Crippen molar-refractivity contribution in [3.05, 3.63) is 52.2 Å². The summed E-state index contributed by atoms with van der Waals surface area (Å²) in [5, 5.41) is 1.58. The van der Waals surface area contributed by atoms with Crippen molar-refractivity contribution in [2.75, 3.05) is 7.11 Å². The summed E-state index contributed by atoms with van der Waals surface area (Å²) < 4.78 is 32.9. The summed E-state index contributed by atoms with van der Waals surface area (Å²) in [5.74, 6) is -0.338. The van der Waals surface area contributed by atoms with Crippen LogP contribution in [0.1, 0.15) is 34.1 Å². The van der Waals surface area contributed by atoms with Crippen LogP contribution in [-0.2, 0) is 14.8 Å². The van der Waals surface area contributed by atoms with Gasteiger partial charge in [-0.1, -0.05) is 30.3 Å². The fourth-order valence-electron chi connectivity index (χ4n) is 2.51. The van der Waals surface area contributed by atoms with E-state index in [0.717, 1.165) is 29.7 Å². The van der Waals surface area contributed by atoms with Gasteiger partial charge in [-0.2, -0.15) is 0 Å². The molecule has 3 rings (SSSR count). The van der Waals surface area contributed by atoms with Crippen LogP contribution in [0.5, 0.6) is 0 Å². The number of benzene rings is 1. The summed E-state index contributed by atoms with van der Waals surface area (Å²) in [7, 11) is -2.56. The second-order valence-corrected chi connectivity index (χ2v) is 8.05. The zero-order valence-corrected chi connectivity index (χ0v) is 14.2. The Hall–Kier alpha value is -1.70. The van der Waals surface area contributed by atoms with Crippen LogP contribution in [0.2, 0.25) is 0 Å². The van der Waals surface area contributed by atoms with Crippen molar-refractivity contribution >= 4 is 27.3 Å². The quantitative estimate of drug-likeness (QED) is 0.812. The van der Waals surface area contributed by atoms with Crippen molar-refractivity contribution in [3.8, 4) is 0 Å². The topological polar surface area (TPSA) is 72.5 Å². The van der Waals surface area contributed by atoms with E-state index >= 15 is 0 Å². The van der Waals surface area contributed by atoms with Crippen LogP contribution in [0, 0.1) is 5.92 Å². The highest BCUT2D eigenvalue weighted by atomic mass is 32.2. The molecule has 1 N–H and O–H groups in total. The molecule has 23 heavy (non-hydrogen) atoms. The molecule has 122 valence electrons. The number of carbonyl (C=O) groups is 1. The van der Waals surface area contributed by atoms with Crippen LogP contribution >= 0.6 is 11.3 Å². The van der Waals surface area contributed by atoms with Crippen molar-refractivity contribution < 1.29 is 17.9 Å². The Bertz CT molecular complexity index is 794. The Morgan fingerprint density at radius 3 is 2.57 bits per heavy atom. The van der Waals surface area contributed by atoms with Crippen LogP contribution in [0.15, 0.2) is 46.7 Å². The number of esters is 1. The van der Waals surface area contributed by atoms with Gasteiger partial charge in [-0.3, -0.25) is 0 Å². The molecule has 1 unspecified atom stereocenters. The third-order valence-electron chi connectivity index (χ3n) is 3.82. The van der Waals surface area contributed by atoms with Gasteiger partial charge in [-0.05, 0) is 35.8 Å². The number of hydrogen-bond acceptors (Lipinski definition) is 5. The zero-order chi connectivity index (χ0) is 16.4. The molecule has 1 atom stereocenters. The van der Waals surface area contributed by atoms with Crippen LogP contribution in [0.25, 0.3) is 0 Å². The number of thiophene rings is 1. The minimum absolute atomic E-state index is 0.0177. The Morgan fingerprint density at radius 1 is 1.26 bits per heavy atom. The number of nitrogens with one attached hydrogen (secondary N) is 1. The summed E-state index contributed by atoms with van der Waals surface area (Å²) in [6, 6.07) is 10.7.